The summed E-state index contributed by atoms with van der Waals surface area (Å²) in [6.45, 7) is 1.60. The molecule has 0 aliphatic rings. The minimum Gasteiger partial charge on any atom is -0.497 e. The topological polar surface area (TPSA) is 39.2 Å². The Kier molecular flexibility index (Phi) is 3.38. The van der Waals surface area contributed by atoms with E-state index < -0.39 is 0 Å². The van der Waals surface area contributed by atoms with Gasteiger partial charge in [-0.1, -0.05) is 6.07 Å². The second-order valence-electron chi connectivity index (χ2n) is 4.05. The molecule has 17 heavy (non-hydrogen) atoms. The monoisotopic (exact) mass is 229 g/mol. The molecular weight excluding hydrogens is 214 g/mol. The van der Waals surface area contributed by atoms with Crippen molar-refractivity contribution in [2.45, 2.75) is 19.8 Å². The molecule has 1 heterocycles. The van der Waals surface area contributed by atoms with E-state index in [-0.39, 0.29) is 5.78 Å². The fraction of sp³-hybridized carbons (Fsp3) is 0.286. The number of methoxy groups -OCH3 is 1. The highest BCUT2D eigenvalue weighted by Crippen LogP contribution is 2.23. The van der Waals surface area contributed by atoms with E-state index >= 15 is 0 Å². The minimum absolute atomic E-state index is 0.187. The Morgan fingerprint density at radius 1 is 1.35 bits per heavy atom. The number of fused-ring (bicyclic) bond motifs is 1. The summed E-state index contributed by atoms with van der Waals surface area (Å²) >= 11 is 0. The third-order valence-electron chi connectivity index (χ3n) is 2.77. The van der Waals surface area contributed by atoms with Gasteiger partial charge in [0, 0.05) is 23.7 Å². The zero-order valence-corrected chi connectivity index (χ0v) is 10.1. The summed E-state index contributed by atoms with van der Waals surface area (Å²) in [5.41, 5.74) is 0.955. The molecule has 0 saturated heterocycles. The molecule has 0 unspecified atom stereocenters. The van der Waals surface area contributed by atoms with Gasteiger partial charge in [0.15, 0.2) is 0 Å². The van der Waals surface area contributed by atoms with Crippen LogP contribution in [0, 0.1) is 0 Å². The van der Waals surface area contributed by atoms with Gasteiger partial charge in [-0.3, -0.25) is 4.98 Å². The normalized spacial score (nSPS) is 10.5. The summed E-state index contributed by atoms with van der Waals surface area (Å²) in [6, 6.07) is 7.87. The molecule has 0 spiro atoms. The first-order valence-electron chi connectivity index (χ1n) is 5.62. The number of ether oxygens (including phenoxy) is 1. The summed E-state index contributed by atoms with van der Waals surface area (Å²) in [6.07, 6.45) is 2.99. The van der Waals surface area contributed by atoms with Crippen LogP contribution in [0.3, 0.4) is 0 Å². The fourth-order valence-corrected chi connectivity index (χ4v) is 1.83. The van der Waals surface area contributed by atoms with Crippen molar-refractivity contribution in [3.8, 4) is 5.75 Å². The highest BCUT2D eigenvalue weighted by molar-refractivity contribution is 5.86. The van der Waals surface area contributed by atoms with Crippen molar-refractivity contribution in [3.05, 3.63) is 36.2 Å². The van der Waals surface area contributed by atoms with Crippen molar-refractivity contribution in [2.75, 3.05) is 7.11 Å². The Labute approximate surface area is 100 Å². The van der Waals surface area contributed by atoms with Crippen LogP contribution in [0.4, 0.5) is 0 Å². The van der Waals surface area contributed by atoms with Crippen molar-refractivity contribution in [2.24, 2.45) is 0 Å². The van der Waals surface area contributed by atoms with Crippen molar-refractivity contribution in [1.29, 1.82) is 0 Å². The Hall–Kier alpha value is -1.90. The second kappa shape index (κ2) is 4.95. The average molecular weight is 229 g/mol. The van der Waals surface area contributed by atoms with Gasteiger partial charge in [-0.15, -0.1) is 0 Å². The van der Waals surface area contributed by atoms with E-state index in [1.54, 1.807) is 20.2 Å². The molecule has 1 aromatic heterocycles. The van der Waals surface area contributed by atoms with E-state index in [0.29, 0.717) is 12.8 Å². The number of hydrogen-bond acceptors (Lipinski definition) is 3. The third kappa shape index (κ3) is 2.61. The highest BCUT2D eigenvalue weighted by Gasteiger charge is 2.05. The predicted molar refractivity (Wildman–Crippen MR) is 67.3 cm³/mol. The zero-order chi connectivity index (χ0) is 12.3. The SMILES string of the molecule is COc1ccc2ccnc(CCC(C)=O)c2c1. The molecule has 1 aromatic carbocycles. The number of hydrogen-bond donors (Lipinski definition) is 0. The first-order valence-corrected chi connectivity index (χ1v) is 5.62. The maximum atomic E-state index is 11.0. The molecule has 3 nitrogen and oxygen atoms in total. The summed E-state index contributed by atoms with van der Waals surface area (Å²) in [7, 11) is 1.65. The van der Waals surface area contributed by atoms with Crippen LogP contribution in [0.5, 0.6) is 5.75 Å². The number of carbonyl (C=O) groups is 1. The van der Waals surface area contributed by atoms with Gasteiger partial charge in [0.05, 0.1) is 7.11 Å². The number of Topliss-reactive ketones (excluding diaryl/α,β-unsaturated/α-hetero) is 1. The van der Waals surface area contributed by atoms with Gasteiger partial charge < -0.3 is 9.53 Å². The molecule has 0 aliphatic carbocycles. The number of nitrogens with zero attached hydrogens (tertiary/aromatic N) is 1. The van der Waals surface area contributed by atoms with E-state index in [0.717, 1.165) is 22.2 Å². The highest BCUT2D eigenvalue weighted by atomic mass is 16.5. The summed E-state index contributed by atoms with van der Waals surface area (Å²) in [4.78, 5) is 15.4. The number of pyridine rings is 1. The maximum Gasteiger partial charge on any atom is 0.130 e. The summed E-state index contributed by atoms with van der Waals surface area (Å²) in [5, 5.41) is 2.19. The van der Waals surface area contributed by atoms with Crippen LogP contribution >= 0.6 is 0 Å². The molecular formula is C14H15NO2. The first kappa shape index (κ1) is 11.6. The number of aromatic nitrogens is 1. The van der Waals surface area contributed by atoms with Gasteiger partial charge in [0.25, 0.3) is 0 Å². The van der Waals surface area contributed by atoms with Crippen LogP contribution in [-0.2, 0) is 11.2 Å². The van der Waals surface area contributed by atoms with Crippen molar-refractivity contribution in [3.63, 3.8) is 0 Å². The molecule has 0 fully saturated rings. The number of carbonyl (C=O) groups excluding carboxylic acids is 1. The van der Waals surface area contributed by atoms with Crippen LogP contribution in [0.1, 0.15) is 19.0 Å². The fourth-order valence-electron chi connectivity index (χ4n) is 1.83. The van der Waals surface area contributed by atoms with E-state index in [1.165, 1.54) is 0 Å². The lowest BCUT2D eigenvalue weighted by molar-refractivity contribution is -0.116. The molecule has 0 atom stereocenters. The lowest BCUT2D eigenvalue weighted by Gasteiger charge is -2.06. The summed E-state index contributed by atoms with van der Waals surface area (Å²) in [5.74, 6) is 1.00. The molecule has 88 valence electrons. The molecule has 2 rings (SSSR count). The molecule has 0 amide bonds. The van der Waals surface area contributed by atoms with Gasteiger partial charge >= 0.3 is 0 Å². The van der Waals surface area contributed by atoms with E-state index in [2.05, 4.69) is 4.98 Å². The molecule has 2 aromatic rings. The van der Waals surface area contributed by atoms with E-state index in [4.69, 9.17) is 4.74 Å². The number of rotatable bonds is 4. The lowest BCUT2D eigenvalue weighted by Crippen LogP contribution is -1.97. The number of benzene rings is 1. The van der Waals surface area contributed by atoms with Crippen LogP contribution < -0.4 is 4.74 Å². The first-order chi connectivity index (χ1) is 8.20. The van der Waals surface area contributed by atoms with Gasteiger partial charge in [-0.2, -0.15) is 0 Å². The molecule has 0 bridgehead atoms. The van der Waals surface area contributed by atoms with Crippen molar-refractivity contribution < 1.29 is 9.53 Å². The van der Waals surface area contributed by atoms with Gasteiger partial charge in [-0.25, -0.2) is 0 Å². The Balaban J connectivity index is 2.43. The molecule has 0 N–H and O–H groups in total. The van der Waals surface area contributed by atoms with Crippen LogP contribution in [0.15, 0.2) is 30.5 Å². The smallest absolute Gasteiger partial charge is 0.130 e. The Morgan fingerprint density at radius 3 is 2.88 bits per heavy atom. The average Bonchev–Trinajstić information content (AvgIpc) is 2.35. The molecule has 0 aliphatic heterocycles. The molecule has 0 radical (unpaired) electrons. The van der Waals surface area contributed by atoms with Crippen LogP contribution in [0.25, 0.3) is 10.8 Å². The standard InChI is InChI=1S/C14H15NO2/c1-10(16)3-6-14-13-9-12(17-2)5-4-11(13)7-8-15-14/h4-5,7-9H,3,6H2,1-2H3. The largest absolute Gasteiger partial charge is 0.497 e. The van der Waals surface area contributed by atoms with Crippen molar-refractivity contribution >= 4 is 16.6 Å². The Bertz CT molecular complexity index is 549. The maximum absolute atomic E-state index is 11.0. The summed E-state index contributed by atoms with van der Waals surface area (Å²) < 4.78 is 5.21. The van der Waals surface area contributed by atoms with Crippen LogP contribution in [0.2, 0.25) is 0 Å². The zero-order valence-electron chi connectivity index (χ0n) is 10.1. The second-order valence-corrected chi connectivity index (χ2v) is 4.05. The van der Waals surface area contributed by atoms with E-state index in [9.17, 15) is 4.79 Å². The van der Waals surface area contributed by atoms with Crippen LogP contribution in [-0.4, -0.2) is 17.9 Å². The lowest BCUT2D eigenvalue weighted by atomic mass is 10.1. The third-order valence-corrected chi connectivity index (χ3v) is 2.77. The predicted octanol–water partition coefficient (Wildman–Crippen LogP) is 2.77. The quantitative estimate of drug-likeness (QED) is 0.809. The number of aryl methyl sites for hydroxylation is 1. The van der Waals surface area contributed by atoms with Gasteiger partial charge in [0.1, 0.15) is 11.5 Å². The molecule has 0 saturated carbocycles. The molecule has 3 heteroatoms. The minimum atomic E-state index is 0.187. The van der Waals surface area contributed by atoms with Gasteiger partial charge in [0.2, 0.25) is 0 Å². The van der Waals surface area contributed by atoms with E-state index in [1.807, 2.05) is 24.3 Å². The Morgan fingerprint density at radius 2 is 2.18 bits per heavy atom. The van der Waals surface area contributed by atoms with Gasteiger partial charge in [-0.05, 0) is 36.9 Å². The number of ketones is 1. The van der Waals surface area contributed by atoms with Crippen molar-refractivity contribution in [1.82, 2.24) is 4.98 Å².